The quantitative estimate of drug-likeness (QED) is 0.174. The number of para-hydroxylation sites is 2. The third kappa shape index (κ3) is 5.13. The minimum absolute atomic E-state index is 0.0469. The standard InChI is InChI=1S/C52H39B3N4/c1-30-20-24-42-36(26-30)53-48-47(46-40(56-34-12-7-5-8-13-34)16-11-17-41(46)57-35-14-9-6-10-15-35)49-52-50-51(48)58(42)44-28-32(3)18-22-38(44)55(50)39-23-19-33(4)29-45(39)59(52)43-25-21-31(2)27-37(43)54-49/h5-29,56-57H,1-4H3. The van der Waals surface area contributed by atoms with Crippen molar-refractivity contribution in [3.05, 3.63) is 174 Å². The van der Waals surface area contributed by atoms with Crippen LogP contribution < -0.4 is 58.7 Å². The van der Waals surface area contributed by atoms with E-state index < -0.39 is 0 Å². The SMILES string of the molecule is Cc1ccc2c(c1)[B]c1c(-c3c(Nc4ccccc4)cccc3Nc3ccccc3)c3c4c5c1N2c1cc(C)ccc1B5c1ccc(C)cc1N4c1ccc(C)cc1[B]3. The van der Waals surface area contributed by atoms with Gasteiger partial charge in [0.2, 0.25) is 0 Å². The monoisotopic (exact) mass is 752 g/mol. The van der Waals surface area contributed by atoms with Crippen LogP contribution in [0.25, 0.3) is 11.1 Å². The van der Waals surface area contributed by atoms with Crippen LogP contribution in [-0.4, -0.2) is 21.3 Å². The van der Waals surface area contributed by atoms with Crippen LogP contribution in [0, 0.1) is 27.7 Å². The summed E-state index contributed by atoms with van der Waals surface area (Å²) in [5.41, 5.74) is 27.9. The van der Waals surface area contributed by atoms with Gasteiger partial charge in [-0.05, 0) is 121 Å². The molecule has 0 atom stereocenters. The van der Waals surface area contributed by atoms with Crippen LogP contribution in [0.1, 0.15) is 22.3 Å². The van der Waals surface area contributed by atoms with Crippen molar-refractivity contribution in [1.29, 1.82) is 0 Å². The molecule has 8 aromatic rings. The van der Waals surface area contributed by atoms with Crippen molar-refractivity contribution in [2.24, 2.45) is 0 Å². The zero-order chi connectivity index (χ0) is 39.5. The molecule has 0 saturated heterocycles. The summed E-state index contributed by atoms with van der Waals surface area (Å²) in [6, 6.07) is 55.9. The Kier molecular flexibility index (Phi) is 7.44. The third-order valence-electron chi connectivity index (χ3n) is 12.6. The van der Waals surface area contributed by atoms with Gasteiger partial charge in [0, 0.05) is 62.4 Å². The van der Waals surface area contributed by atoms with Gasteiger partial charge in [0.25, 0.3) is 6.71 Å². The predicted octanol–water partition coefficient (Wildman–Crippen LogP) is 8.09. The van der Waals surface area contributed by atoms with Crippen LogP contribution >= 0.6 is 0 Å². The summed E-state index contributed by atoms with van der Waals surface area (Å²) < 4.78 is 0. The Hall–Kier alpha value is -6.85. The van der Waals surface area contributed by atoms with E-state index in [1.54, 1.807) is 0 Å². The van der Waals surface area contributed by atoms with Crippen LogP contribution in [0.15, 0.2) is 152 Å². The Morgan fingerprint density at radius 2 is 0.864 bits per heavy atom. The number of fused-ring (bicyclic) bond motifs is 10. The zero-order valence-corrected chi connectivity index (χ0v) is 33.6. The number of hydrogen-bond acceptors (Lipinski definition) is 4. The minimum Gasteiger partial charge on any atom is -0.355 e. The van der Waals surface area contributed by atoms with Crippen molar-refractivity contribution in [1.82, 2.24) is 0 Å². The van der Waals surface area contributed by atoms with E-state index in [1.165, 1.54) is 100 Å². The molecule has 8 aromatic carbocycles. The van der Waals surface area contributed by atoms with Gasteiger partial charge in [-0.15, -0.1) is 0 Å². The fraction of sp³-hybridized carbons (Fsp3) is 0.0769. The zero-order valence-electron chi connectivity index (χ0n) is 33.6. The highest BCUT2D eigenvalue weighted by molar-refractivity contribution is 7.02. The number of aryl methyl sites for hydroxylation is 4. The van der Waals surface area contributed by atoms with Crippen LogP contribution in [0.3, 0.4) is 0 Å². The minimum atomic E-state index is 0.0469. The molecule has 4 heterocycles. The fourth-order valence-electron chi connectivity index (χ4n) is 10.2. The molecular weight excluding hydrogens is 713 g/mol. The molecule has 59 heavy (non-hydrogen) atoms. The van der Waals surface area contributed by atoms with E-state index in [-0.39, 0.29) is 6.71 Å². The van der Waals surface area contributed by atoms with E-state index in [9.17, 15) is 0 Å². The van der Waals surface area contributed by atoms with Gasteiger partial charge < -0.3 is 20.4 Å². The number of rotatable bonds is 5. The van der Waals surface area contributed by atoms with E-state index in [0.717, 1.165) is 28.3 Å². The van der Waals surface area contributed by atoms with Crippen molar-refractivity contribution < 1.29 is 0 Å². The van der Waals surface area contributed by atoms with Crippen molar-refractivity contribution in [3.63, 3.8) is 0 Å². The molecule has 0 spiro atoms. The summed E-state index contributed by atoms with van der Waals surface area (Å²) in [5.74, 6) is 0. The summed E-state index contributed by atoms with van der Waals surface area (Å²) >= 11 is 0. The molecule has 0 fully saturated rings. The highest BCUT2D eigenvalue weighted by atomic mass is 15.2. The lowest BCUT2D eigenvalue weighted by Crippen LogP contribution is -2.67. The Labute approximate surface area is 348 Å². The lowest BCUT2D eigenvalue weighted by Gasteiger charge is -2.50. The highest BCUT2D eigenvalue weighted by Gasteiger charge is 2.49. The summed E-state index contributed by atoms with van der Waals surface area (Å²) in [7, 11) is 4.97. The third-order valence-corrected chi connectivity index (χ3v) is 12.6. The molecule has 0 bridgehead atoms. The molecule has 0 saturated carbocycles. The van der Waals surface area contributed by atoms with Crippen molar-refractivity contribution in [2.45, 2.75) is 27.7 Å². The normalized spacial score (nSPS) is 13.3. The van der Waals surface area contributed by atoms with Gasteiger partial charge in [-0.1, -0.05) is 124 Å². The molecule has 276 valence electrons. The lowest BCUT2D eigenvalue weighted by molar-refractivity contribution is 1.25. The Morgan fingerprint density at radius 1 is 0.424 bits per heavy atom. The van der Waals surface area contributed by atoms with E-state index in [4.69, 9.17) is 0 Å². The first-order valence-corrected chi connectivity index (χ1v) is 20.6. The van der Waals surface area contributed by atoms with Crippen molar-refractivity contribution in [3.8, 4) is 11.1 Å². The molecule has 7 heteroatoms. The van der Waals surface area contributed by atoms with E-state index in [0.29, 0.717) is 0 Å². The number of benzene rings is 8. The van der Waals surface area contributed by atoms with E-state index in [1.807, 2.05) is 0 Å². The molecule has 2 radical (unpaired) electrons. The van der Waals surface area contributed by atoms with Crippen molar-refractivity contribution >= 4 is 116 Å². The highest BCUT2D eigenvalue weighted by Crippen LogP contribution is 2.48. The van der Waals surface area contributed by atoms with Crippen LogP contribution in [0.5, 0.6) is 0 Å². The van der Waals surface area contributed by atoms with Gasteiger partial charge >= 0.3 is 0 Å². The average molecular weight is 752 g/mol. The Balaban J connectivity index is 1.26. The first-order chi connectivity index (χ1) is 28.9. The van der Waals surface area contributed by atoms with Gasteiger partial charge in [0.1, 0.15) is 0 Å². The molecule has 12 rings (SSSR count). The van der Waals surface area contributed by atoms with Gasteiger partial charge in [0.15, 0.2) is 14.6 Å². The van der Waals surface area contributed by atoms with E-state index >= 15 is 0 Å². The van der Waals surface area contributed by atoms with Crippen molar-refractivity contribution in [2.75, 3.05) is 20.4 Å². The van der Waals surface area contributed by atoms with Gasteiger partial charge in [0.05, 0.1) is 0 Å². The first-order valence-electron chi connectivity index (χ1n) is 20.6. The van der Waals surface area contributed by atoms with Gasteiger partial charge in [-0.25, -0.2) is 0 Å². The molecule has 4 aliphatic rings. The molecule has 4 nitrogen and oxygen atoms in total. The van der Waals surface area contributed by atoms with Gasteiger partial charge in [-0.2, -0.15) is 0 Å². The average Bonchev–Trinajstić information content (AvgIpc) is 3.24. The van der Waals surface area contributed by atoms with E-state index in [2.05, 4.69) is 214 Å². The summed E-state index contributed by atoms with van der Waals surface area (Å²) in [4.78, 5) is 5.20. The van der Waals surface area contributed by atoms with Crippen LogP contribution in [0.2, 0.25) is 0 Å². The Bertz CT molecular complexity index is 2870. The van der Waals surface area contributed by atoms with Crippen LogP contribution in [-0.2, 0) is 0 Å². The van der Waals surface area contributed by atoms with Gasteiger partial charge in [-0.3, -0.25) is 0 Å². The molecule has 2 N–H and O–H groups in total. The number of anilines is 10. The number of nitrogens with one attached hydrogen (secondary N) is 2. The number of hydrogen-bond donors (Lipinski definition) is 2. The second-order valence-corrected chi connectivity index (χ2v) is 16.7. The molecule has 4 aliphatic heterocycles. The van der Waals surface area contributed by atoms with Crippen LogP contribution in [0.4, 0.5) is 56.9 Å². The molecule has 0 amide bonds. The Morgan fingerprint density at radius 3 is 1.34 bits per heavy atom. The topological polar surface area (TPSA) is 30.5 Å². The number of nitrogens with zero attached hydrogens (tertiary/aromatic N) is 2. The summed E-state index contributed by atoms with van der Waals surface area (Å²) in [6.07, 6.45) is 0. The molecule has 0 aromatic heterocycles. The summed E-state index contributed by atoms with van der Waals surface area (Å²) in [6.45, 7) is 8.90. The summed E-state index contributed by atoms with van der Waals surface area (Å²) in [5, 5.41) is 7.81. The first kappa shape index (κ1) is 34.2. The molecular formula is C52H39B3N4. The predicted molar refractivity (Wildman–Crippen MR) is 254 cm³/mol. The maximum atomic E-state index is 3.91. The molecule has 0 aliphatic carbocycles. The largest absolute Gasteiger partial charge is 0.355 e. The second kappa shape index (κ2) is 12.8. The second-order valence-electron chi connectivity index (χ2n) is 16.7. The maximum Gasteiger partial charge on any atom is 0.252 e. The smallest absolute Gasteiger partial charge is 0.252 e. The lowest BCUT2D eigenvalue weighted by atomic mass is 9.31. The molecule has 0 unspecified atom stereocenters. The maximum absolute atomic E-state index is 3.91. The fourth-order valence-corrected chi connectivity index (χ4v) is 10.2.